The minimum absolute atomic E-state index is 0.302. The van der Waals surface area contributed by atoms with Crippen LogP contribution in [0.4, 0.5) is 52.7 Å². The number of alkyl halides is 12. The third-order valence-corrected chi connectivity index (χ3v) is 5.15. The van der Waals surface area contributed by atoms with Gasteiger partial charge in [0.25, 0.3) is 0 Å². The van der Waals surface area contributed by atoms with E-state index in [-0.39, 0.29) is 0 Å². The number of ether oxygens (including phenoxy) is 2. The SMILES string of the molecule is COc1ccc(-c2ccc(OC(=O)C(F)(N3C(F)(F)C(F)(F)C(F)(F)C3(F)F)C(F)(F)F)cc2)cc1. The van der Waals surface area contributed by atoms with Gasteiger partial charge in [0.1, 0.15) is 11.5 Å². The lowest BCUT2D eigenvalue weighted by Crippen LogP contribution is -2.70. The number of nitrogens with zero attached hydrogens (tertiary/aromatic N) is 1. The molecule has 0 aliphatic carbocycles. The molecule has 3 rings (SSSR count). The van der Waals surface area contributed by atoms with E-state index in [0.29, 0.717) is 29.0 Å². The molecule has 0 radical (unpaired) electrons. The van der Waals surface area contributed by atoms with Crippen molar-refractivity contribution in [1.82, 2.24) is 4.90 Å². The van der Waals surface area contributed by atoms with Crippen LogP contribution in [-0.4, -0.2) is 53.9 Å². The molecule has 2 aromatic rings. The molecule has 2 aromatic carbocycles. The summed E-state index contributed by atoms with van der Waals surface area (Å²) in [5.74, 6) is -25.5. The van der Waals surface area contributed by atoms with Gasteiger partial charge in [-0.25, -0.2) is 9.18 Å². The molecule has 198 valence electrons. The van der Waals surface area contributed by atoms with Crippen LogP contribution >= 0.6 is 0 Å². The van der Waals surface area contributed by atoms with Crippen LogP contribution < -0.4 is 9.47 Å². The average Bonchev–Trinajstić information content (AvgIpc) is 2.84. The number of hydrogen-bond donors (Lipinski definition) is 0. The Labute approximate surface area is 193 Å². The quantitative estimate of drug-likeness (QED) is 0.194. The Balaban J connectivity index is 2.00. The highest BCUT2D eigenvalue weighted by Gasteiger charge is 2.98. The number of halogens is 12. The molecule has 0 spiro atoms. The lowest BCUT2D eigenvalue weighted by atomic mass is 10.1. The van der Waals surface area contributed by atoms with E-state index in [0.717, 1.165) is 12.1 Å². The molecular formula is C20H11F12NO3. The van der Waals surface area contributed by atoms with Crippen LogP contribution in [0.3, 0.4) is 0 Å². The fourth-order valence-corrected chi connectivity index (χ4v) is 3.23. The van der Waals surface area contributed by atoms with Gasteiger partial charge < -0.3 is 9.47 Å². The molecule has 36 heavy (non-hydrogen) atoms. The minimum atomic E-state index is -7.22. The number of hydrogen-bond acceptors (Lipinski definition) is 4. The summed E-state index contributed by atoms with van der Waals surface area (Å²) in [6.45, 7) is 0. The first-order valence-corrected chi connectivity index (χ1v) is 9.31. The van der Waals surface area contributed by atoms with Gasteiger partial charge in [0, 0.05) is 0 Å². The first kappa shape index (κ1) is 27.4. The molecule has 1 fully saturated rings. The number of rotatable bonds is 5. The van der Waals surface area contributed by atoms with Crippen molar-refractivity contribution in [3.63, 3.8) is 0 Å². The zero-order chi connectivity index (χ0) is 27.5. The molecule has 4 nitrogen and oxygen atoms in total. The Kier molecular flexibility index (Phi) is 6.23. The summed E-state index contributed by atoms with van der Waals surface area (Å²) in [4.78, 5) is 8.46. The minimum Gasteiger partial charge on any atom is -0.497 e. The molecule has 0 saturated carbocycles. The fraction of sp³-hybridized carbons (Fsp3) is 0.350. The van der Waals surface area contributed by atoms with E-state index in [4.69, 9.17) is 4.74 Å². The number of benzene rings is 2. The van der Waals surface area contributed by atoms with Gasteiger partial charge in [-0.3, -0.25) is 0 Å². The molecule has 1 heterocycles. The number of methoxy groups -OCH3 is 1. The maximum atomic E-state index is 14.9. The topological polar surface area (TPSA) is 38.8 Å². The second-order valence-electron chi connectivity index (χ2n) is 7.33. The Morgan fingerprint density at radius 1 is 0.694 bits per heavy atom. The van der Waals surface area contributed by atoms with Gasteiger partial charge in [-0.2, -0.15) is 48.3 Å². The van der Waals surface area contributed by atoms with Crippen LogP contribution in [0.1, 0.15) is 0 Å². The summed E-state index contributed by atoms with van der Waals surface area (Å²) in [7, 11) is 1.38. The van der Waals surface area contributed by atoms with E-state index in [1.54, 1.807) is 0 Å². The molecule has 0 aromatic heterocycles. The number of carbonyl (C=O) groups excluding carboxylic acids is 1. The normalized spacial score (nSPS) is 22.0. The van der Waals surface area contributed by atoms with Crippen LogP contribution in [0.15, 0.2) is 48.5 Å². The monoisotopic (exact) mass is 541 g/mol. The van der Waals surface area contributed by atoms with E-state index >= 15 is 0 Å². The molecule has 16 heteroatoms. The van der Waals surface area contributed by atoms with Gasteiger partial charge >= 0.3 is 41.9 Å². The largest absolute Gasteiger partial charge is 0.497 e. The van der Waals surface area contributed by atoms with Gasteiger partial charge in [0.15, 0.2) is 0 Å². The van der Waals surface area contributed by atoms with Gasteiger partial charge in [-0.1, -0.05) is 24.3 Å². The fourth-order valence-electron chi connectivity index (χ4n) is 3.23. The second-order valence-corrected chi connectivity index (χ2v) is 7.33. The first-order valence-electron chi connectivity index (χ1n) is 9.31. The van der Waals surface area contributed by atoms with Crippen molar-refractivity contribution in [2.45, 2.75) is 35.9 Å². The van der Waals surface area contributed by atoms with Crippen molar-refractivity contribution in [2.24, 2.45) is 0 Å². The lowest BCUT2D eigenvalue weighted by molar-refractivity contribution is -0.382. The number of esters is 1. The van der Waals surface area contributed by atoms with Gasteiger partial charge in [-0.15, -0.1) is 4.90 Å². The summed E-state index contributed by atoms with van der Waals surface area (Å²) in [6.07, 6.45) is -7.17. The molecule has 0 amide bonds. The Bertz CT molecular complexity index is 1110. The maximum Gasteiger partial charge on any atom is 0.448 e. The summed E-state index contributed by atoms with van der Waals surface area (Å²) < 4.78 is 173. The zero-order valence-corrected chi connectivity index (χ0v) is 17.3. The highest BCUT2D eigenvalue weighted by Crippen LogP contribution is 2.66. The second kappa shape index (κ2) is 8.18. The Morgan fingerprint density at radius 3 is 1.39 bits per heavy atom. The van der Waals surface area contributed by atoms with E-state index in [9.17, 15) is 57.5 Å². The molecule has 0 N–H and O–H groups in total. The molecule has 1 unspecified atom stereocenters. The summed E-state index contributed by atoms with van der Waals surface area (Å²) in [6, 6.07) is -4.89. The Morgan fingerprint density at radius 2 is 1.06 bits per heavy atom. The van der Waals surface area contributed by atoms with Crippen molar-refractivity contribution in [3.05, 3.63) is 48.5 Å². The molecule has 1 aliphatic rings. The number of carbonyl (C=O) groups is 1. The van der Waals surface area contributed by atoms with Crippen LogP contribution in [0.5, 0.6) is 11.5 Å². The highest BCUT2D eigenvalue weighted by molar-refractivity contribution is 5.83. The molecular weight excluding hydrogens is 530 g/mol. The van der Waals surface area contributed by atoms with Crippen molar-refractivity contribution in [2.75, 3.05) is 7.11 Å². The van der Waals surface area contributed by atoms with E-state index < -0.39 is 52.5 Å². The summed E-state index contributed by atoms with van der Waals surface area (Å²) in [5, 5.41) is 0. The summed E-state index contributed by atoms with van der Waals surface area (Å²) >= 11 is 0. The van der Waals surface area contributed by atoms with Crippen LogP contribution in [0.2, 0.25) is 0 Å². The maximum absolute atomic E-state index is 14.9. The number of likely N-dealkylation sites (tertiary alicyclic amines) is 1. The van der Waals surface area contributed by atoms with Crippen LogP contribution in [0.25, 0.3) is 11.1 Å². The van der Waals surface area contributed by atoms with Crippen molar-refractivity contribution < 1.29 is 67.0 Å². The predicted molar refractivity (Wildman–Crippen MR) is 95.6 cm³/mol. The van der Waals surface area contributed by atoms with Crippen LogP contribution in [0, 0.1) is 0 Å². The lowest BCUT2D eigenvalue weighted by Gasteiger charge is -2.38. The molecule has 1 saturated heterocycles. The summed E-state index contributed by atoms with van der Waals surface area (Å²) in [5.41, 5.74) is 0.765. The zero-order valence-electron chi connectivity index (χ0n) is 17.3. The third-order valence-electron chi connectivity index (χ3n) is 5.15. The van der Waals surface area contributed by atoms with Crippen molar-refractivity contribution in [3.8, 4) is 22.6 Å². The third kappa shape index (κ3) is 3.64. The van der Waals surface area contributed by atoms with Gasteiger partial charge in [-0.05, 0) is 35.4 Å². The van der Waals surface area contributed by atoms with Crippen molar-refractivity contribution in [1.29, 1.82) is 0 Å². The van der Waals surface area contributed by atoms with Crippen LogP contribution in [-0.2, 0) is 4.79 Å². The predicted octanol–water partition coefficient (Wildman–Crippen LogP) is 6.27. The van der Waals surface area contributed by atoms with Gasteiger partial charge in [0.2, 0.25) is 0 Å². The average molecular weight is 541 g/mol. The van der Waals surface area contributed by atoms with Gasteiger partial charge in [0.05, 0.1) is 7.11 Å². The molecule has 0 bridgehead atoms. The standard InChI is InChI=1S/C20H11F12NO3/c1-35-12-6-2-10(3-7-12)11-4-8-13(9-5-11)36-14(34)15(21,18(26,27)28)33-19(29,30)16(22,23)17(24,25)20(33,31)32/h2-9H,1H3. The van der Waals surface area contributed by atoms with E-state index in [2.05, 4.69) is 4.74 Å². The van der Waals surface area contributed by atoms with E-state index in [1.807, 2.05) is 0 Å². The highest BCUT2D eigenvalue weighted by atomic mass is 19.4. The first-order chi connectivity index (χ1) is 16.3. The Hall–Kier alpha value is -3.17. The smallest absolute Gasteiger partial charge is 0.448 e. The van der Waals surface area contributed by atoms with Crippen molar-refractivity contribution >= 4 is 5.97 Å². The van der Waals surface area contributed by atoms with E-state index in [1.165, 1.54) is 31.4 Å². The molecule has 1 atom stereocenters. The molecule has 1 aliphatic heterocycles.